The molecule has 1 saturated heterocycles. The third-order valence-electron chi connectivity index (χ3n) is 2.37. The molecule has 1 atom stereocenters. The topological polar surface area (TPSA) is 35.0 Å². The minimum absolute atomic E-state index is 0.321. The van der Waals surface area contributed by atoms with Crippen molar-refractivity contribution in [3.05, 3.63) is 22.7 Å². The normalized spacial score (nSPS) is 22.3. The van der Waals surface area contributed by atoms with Gasteiger partial charge in [-0.05, 0) is 25.8 Å². The summed E-state index contributed by atoms with van der Waals surface area (Å²) in [5.74, 6) is 1.15. The molecular formula is C10H13ClN2O. The van der Waals surface area contributed by atoms with Crippen molar-refractivity contribution in [2.45, 2.75) is 25.7 Å². The standard InChI is InChI=1S/C10H13ClN2O/c1-7-5-9(11)13-10(12-7)8-3-2-4-14-6-8/h5,8H,2-4,6H2,1H3. The second kappa shape index (κ2) is 4.24. The Hall–Kier alpha value is -0.670. The maximum atomic E-state index is 5.88. The van der Waals surface area contributed by atoms with Crippen molar-refractivity contribution in [1.82, 2.24) is 9.97 Å². The Bertz CT molecular complexity index is 304. The van der Waals surface area contributed by atoms with E-state index in [9.17, 15) is 0 Å². The third kappa shape index (κ3) is 2.22. The van der Waals surface area contributed by atoms with E-state index in [2.05, 4.69) is 9.97 Å². The van der Waals surface area contributed by atoms with E-state index in [1.54, 1.807) is 6.07 Å². The average Bonchev–Trinajstić information content (AvgIpc) is 2.18. The van der Waals surface area contributed by atoms with Gasteiger partial charge in [-0.3, -0.25) is 0 Å². The highest BCUT2D eigenvalue weighted by atomic mass is 35.5. The first-order valence-electron chi connectivity index (χ1n) is 4.84. The maximum absolute atomic E-state index is 5.88. The molecule has 0 aromatic carbocycles. The molecule has 1 fully saturated rings. The molecule has 1 aromatic rings. The zero-order valence-corrected chi connectivity index (χ0v) is 8.92. The van der Waals surface area contributed by atoms with E-state index < -0.39 is 0 Å². The highest BCUT2D eigenvalue weighted by Gasteiger charge is 2.19. The SMILES string of the molecule is Cc1cc(Cl)nc(C2CCCOC2)n1. The fourth-order valence-corrected chi connectivity index (χ4v) is 1.92. The zero-order valence-electron chi connectivity index (χ0n) is 8.16. The van der Waals surface area contributed by atoms with Gasteiger partial charge >= 0.3 is 0 Å². The van der Waals surface area contributed by atoms with Crippen LogP contribution in [0.4, 0.5) is 0 Å². The molecule has 14 heavy (non-hydrogen) atoms. The Balaban J connectivity index is 2.21. The Kier molecular flexibility index (Phi) is 2.99. The molecule has 1 unspecified atom stereocenters. The van der Waals surface area contributed by atoms with Crippen LogP contribution in [0.1, 0.15) is 30.3 Å². The molecule has 0 aliphatic carbocycles. The van der Waals surface area contributed by atoms with Gasteiger partial charge in [-0.2, -0.15) is 0 Å². The molecule has 0 bridgehead atoms. The summed E-state index contributed by atoms with van der Waals surface area (Å²) in [6, 6.07) is 1.77. The molecule has 0 N–H and O–H groups in total. The monoisotopic (exact) mass is 212 g/mol. The second-order valence-electron chi connectivity index (χ2n) is 3.60. The summed E-state index contributed by atoms with van der Waals surface area (Å²) >= 11 is 5.88. The number of aromatic nitrogens is 2. The largest absolute Gasteiger partial charge is 0.381 e. The Morgan fingerprint density at radius 2 is 2.36 bits per heavy atom. The smallest absolute Gasteiger partial charge is 0.135 e. The molecule has 1 aliphatic heterocycles. The van der Waals surface area contributed by atoms with Crippen LogP contribution in [0.15, 0.2) is 6.07 Å². The summed E-state index contributed by atoms with van der Waals surface area (Å²) in [5, 5.41) is 0.526. The van der Waals surface area contributed by atoms with Gasteiger partial charge in [-0.25, -0.2) is 9.97 Å². The molecule has 0 radical (unpaired) electrons. The first kappa shape index (κ1) is 9.87. The van der Waals surface area contributed by atoms with E-state index in [0.29, 0.717) is 11.1 Å². The van der Waals surface area contributed by atoms with Gasteiger partial charge in [0.25, 0.3) is 0 Å². The molecule has 2 heterocycles. The number of hydrogen-bond donors (Lipinski definition) is 0. The molecule has 2 rings (SSSR count). The van der Waals surface area contributed by atoms with Gasteiger partial charge in [-0.1, -0.05) is 11.6 Å². The van der Waals surface area contributed by atoms with Gasteiger partial charge in [0.1, 0.15) is 11.0 Å². The van der Waals surface area contributed by atoms with Crippen LogP contribution in [0, 0.1) is 6.92 Å². The zero-order chi connectivity index (χ0) is 9.97. The quantitative estimate of drug-likeness (QED) is 0.671. The van der Waals surface area contributed by atoms with Gasteiger partial charge in [-0.15, -0.1) is 0 Å². The maximum Gasteiger partial charge on any atom is 0.135 e. The lowest BCUT2D eigenvalue weighted by Gasteiger charge is -2.20. The Labute approximate surface area is 88.5 Å². The molecule has 0 spiro atoms. The first-order valence-corrected chi connectivity index (χ1v) is 5.22. The van der Waals surface area contributed by atoms with E-state index >= 15 is 0 Å². The van der Waals surface area contributed by atoms with E-state index in [0.717, 1.165) is 37.6 Å². The number of hydrogen-bond acceptors (Lipinski definition) is 3. The molecule has 1 aromatic heterocycles. The van der Waals surface area contributed by atoms with Crippen molar-refractivity contribution in [3.63, 3.8) is 0 Å². The van der Waals surface area contributed by atoms with Crippen LogP contribution < -0.4 is 0 Å². The van der Waals surface area contributed by atoms with Crippen molar-refractivity contribution < 1.29 is 4.74 Å². The molecule has 4 heteroatoms. The summed E-state index contributed by atoms with van der Waals surface area (Å²) in [6.07, 6.45) is 2.18. The highest BCUT2D eigenvalue weighted by molar-refractivity contribution is 6.29. The van der Waals surface area contributed by atoms with Gasteiger partial charge in [0, 0.05) is 18.2 Å². The van der Waals surface area contributed by atoms with Crippen molar-refractivity contribution in [2.24, 2.45) is 0 Å². The van der Waals surface area contributed by atoms with Crippen molar-refractivity contribution in [2.75, 3.05) is 13.2 Å². The van der Waals surface area contributed by atoms with Crippen molar-refractivity contribution in [1.29, 1.82) is 0 Å². The number of rotatable bonds is 1. The molecular weight excluding hydrogens is 200 g/mol. The highest BCUT2D eigenvalue weighted by Crippen LogP contribution is 2.23. The van der Waals surface area contributed by atoms with Crippen LogP contribution >= 0.6 is 11.6 Å². The Morgan fingerprint density at radius 1 is 1.50 bits per heavy atom. The predicted octanol–water partition coefficient (Wildman–Crippen LogP) is 2.33. The van der Waals surface area contributed by atoms with Crippen LogP contribution in [0.3, 0.4) is 0 Å². The fourth-order valence-electron chi connectivity index (χ4n) is 1.68. The number of aryl methyl sites for hydroxylation is 1. The fraction of sp³-hybridized carbons (Fsp3) is 0.600. The average molecular weight is 213 g/mol. The van der Waals surface area contributed by atoms with Crippen LogP contribution in [-0.2, 0) is 4.74 Å². The minimum atomic E-state index is 0.321. The van der Waals surface area contributed by atoms with E-state index in [-0.39, 0.29) is 0 Å². The molecule has 76 valence electrons. The third-order valence-corrected chi connectivity index (χ3v) is 2.56. The first-order chi connectivity index (χ1) is 6.75. The lowest BCUT2D eigenvalue weighted by Crippen LogP contribution is -2.18. The summed E-state index contributed by atoms with van der Waals surface area (Å²) in [5.41, 5.74) is 0.922. The summed E-state index contributed by atoms with van der Waals surface area (Å²) in [6.45, 7) is 3.51. The molecule has 0 amide bonds. The van der Waals surface area contributed by atoms with Crippen molar-refractivity contribution in [3.8, 4) is 0 Å². The van der Waals surface area contributed by atoms with Gasteiger partial charge in [0.05, 0.1) is 6.61 Å². The molecule has 0 saturated carbocycles. The number of nitrogens with zero attached hydrogens (tertiary/aromatic N) is 2. The molecule has 3 nitrogen and oxygen atoms in total. The lowest BCUT2D eigenvalue weighted by molar-refractivity contribution is 0.0780. The van der Waals surface area contributed by atoms with Gasteiger partial charge in [0.2, 0.25) is 0 Å². The van der Waals surface area contributed by atoms with Gasteiger partial charge < -0.3 is 4.74 Å². The summed E-state index contributed by atoms with van der Waals surface area (Å²) in [4.78, 5) is 8.61. The van der Waals surface area contributed by atoms with Crippen molar-refractivity contribution >= 4 is 11.6 Å². The Morgan fingerprint density at radius 3 is 3.00 bits per heavy atom. The van der Waals surface area contributed by atoms with Crippen LogP contribution in [-0.4, -0.2) is 23.2 Å². The summed E-state index contributed by atoms with van der Waals surface area (Å²) in [7, 11) is 0. The van der Waals surface area contributed by atoms with E-state index in [1.165, 1.54) is 0 Å². The van der Waals surface area contributed by atoms with Crippen LogP contribution in [0.2, 0.25) is 5.15 Å². The number of halogens is 1. The lowest BCUT2D eigenvalue weighted by atomic mass is 10.0. The minimum Gasteiger partial charge on any atom is -0.381 e. The predicted molar refractivity (Wildman–Crippen MR) is 54.6 cm³/mol. The van der Waals surface area contributed by atoms with E-state index in [1.807, 2.05) is 6.92 Å². The molecule has 1 aliphatic rings. The van der Waals surface area contributed by atoms with Crippen LogP contribution in [0.5, 0.6) is 0 Å². The van der Waals surface area contributed by atoms with E-state index in [4.69, 9.17) is 16.3 Å². The van der Waals surface area contributed by atoms with Gasteiger partial charge in [0.15, 0.2) is 0 Å². The van der Waals surface area contributed by atoms with Crippen LogP contribution in [0.25, 0.3) is 0 Å². The summed E-state index contributed by atoms with van der Waals surface area (Å²) < 4.78 is 5.39. The number of ether oxygens (including phenoxy) is 1. The second-order valence-corrected chi connectivity index (χ2v) is 3.99.